The van der Waals surface area contributed by atoms with Crippen LogP contribution in [0, 0.1) is 0 Å². The van der Waals surface area contributed by atoms with E-state index in [-0.39, 0.29) is 5.91 Å². The lowest BCUT2D eigenvalue weighted by atomic mass is 10.1. The lowest BCUT2D eigenvalue weighted by molar-refractivity contribution is -0.147. The fraction of sp³-hybridized carbons (Fsp3) is 0.364. The highest BCUT2D eigenvalue weighted by Crippen LogP contribution is 2.23. The zero-order valence-corrected chi connectivity index (χ0v) is 17.4. The molecular formula is C22H25ClN4O2. The molecule has 0 saturated carbocycles. The fourth-order valence-electron chi connectivity index (χ4n) is 3.62. The van der Waals surface area contributed by atoms with Crippen molar-refractivity contribution in [3.63, 3.8) is 0 Å². The van der Waals surface area contributed by atoms with Crippen LogP contribution in [0.25, 0.3) is 11.0 Å². The summed E-state index contributed by atoms with van der Waals surface area (Å²) >= 11 is 5.92. The molecule has 0 spiro atoms. The maximum atomic E-state index is 13.0. The fourth-order valence-corrected chi connectivity index (χ4v) is 3.75. The Labute approximate surface area is 175 Å². The van der Waals surface area contributed by atoms with Crippen molar-refractivity contribution in [2.75, 3.05) is 26.2 Å². The molecule has 1 N–H and O–H groups in total. The number of imidazole rings is 1. The number of fused-ring (bicyclic) bond motifs is 1. The minimum Gasteiger partial charge on any atom is -0.478 e. The van der Waals surface area contributed by atoms with Crippen molar-refractivity contribution in [3.8, 4) is 5.75 Å². The smallest absolute Gasteiger partial charge is 0.266 e. The Balaban J connectivity index is 1.33. The van der Waals surface area contributed by atoms with Gasteiger partial charge in [0.15, 0.2) is 5.60 Å². The van der Waals surface area contributed by atoms with Gasteiger partial charge in [-0.2, -0.15) is 0 Å². The van der Waals surface area contributed by atoms with Gasteiger partial charge in [0.1, 0.15) is 11.6 Å². The molecule has 0 atom stereocenters. The summed E-state index contributed by atoms with van der Waals surface area (Å²) in [6, 6.07) is 15.1. The number of H-pyrrole nitrogens is 1. The molecule has 1 amide bonds. The number of nitrogens with one attached hydrogen (secondary N) is 1. The number of carbonyl (C=O) groups excluding carboxylic acids is 1. The topological polar surface area (TPSA) is 61.5 Å². The molecule has 152 valence electrons. The van der Waals surface area contributed by atoms with Gasteiger partial charge in [0.25, 0.3) is 5.91 Å². The Morgan fingerprint density at radius 3 is 2.48 bits per heavy atom. The summed E-state index contributed by atoms with van der Waals surface area (Å²) in [7, 11) is 0. The van der Waals surface area contributed by atoms with E-state index < -0.39 is 5.60 Å². The van der Waals surface area contributed by atoms with Crippen LogP contribution in [-0.2, 0) is 11.3 Å². The molecule has 0 bridgehead atoms. The van der Waals surface area contributed by atoms with Gasteiger partial charge in [-0.15, -0.1) is 0 Å². The Kier molecular flexibility index (Phi) is 5.48. The predicted octanol–water partition coefficient (Wildman–Crippen LogP) is 3.72. The van der Waals surface area contributed by atoms with Gasteiger partial charge in [0, 0.05) is 31.2 Å². The van der Waals surface area contributed by atoms with Crippen LogP contribution in [0.2, 0.25) is 5.02 Å². The van der Waals surface area contributed by atoms with Crippen LogP contribution in [0.1, 0.15) is 19.7 Å². The summed E-state index contributed by atoms with van der Waals surface area (Å²) in [6.45, 7) is 7.33. The third-order valence-corrected chi connectivity index (χ3v) is 5.42. The molecule has 0 aliphatic carbocycles. The van der Waals surface area contributed by atoms with E-state index in [1.54, 1.807) is 24.3 Å². The van der Waals surface area contributed by atoms with E-state index in [2.05, 4.69) is 14.9 Å². The molecule has 4 rings (SSSR count). The third-order valence-electron chi connectivity index (χ3n) is 5.17. The number of benzene rings is 2. The van der Waals surface area contributed by atoms with Gasteiger partial charge in [-0.05, 0) is 50.2 Å². The number of para-hydroxylation sites is 2. The Morgan fingerprint density at radius 2 is 1.79 bits per heavy atom. The number of ether oxygens (including phenoxy) is 1. The van der Waals surface area contributed by atoms with Gasteiger partial charge in [-0.1, -0.05) is 23.7 Å². The average Bonchev–Trinajstić information content (AvgIpc) is 3.12. The molecule has 29 heavy (non-hydrogen) atoms. The summed E-state index contributed by atoms with van der Waals surface area (Å²) in [4.78, 5) is 25.2. The molecule has 7 heteroatoms. The quantitative estimate of drug-likeness (QED) is 0.693. The SMILES string of the molecule is CC(C)(Oc1ccc(Cl)cc1)C(=O)N1CCN(Cc2nc3ccccc3[nH]2)CC1. The summed E-state index contributed by atoms with van der Waals surface area (Å²) in [5.41, 5.74) is 1.10. The number of hydrogen-bond acceptors (Lipinski definition) is 4. The second-order valence-corrected chi connectivity index (χ2v) is 8.27. The summed E-state index contributed by atoms with van der Waals surface area (Å²) in [6.07, 6.45) is 0. The van der Waals surface area contributed by atoms with Gasteiger partial charge >= 0.3 is 0 Å². The van der Waals surface area contributed by atoms with E-state index in [0.29, 0.717) is 23.9 Å². The Morgan fingerprint density at radius 1 is 1.10 bits per heavy atom. The number of piperazine rings is 1. The Bertz CT molecular complexity index is 958. The second kappa shape index (κ2) is 8.05. The van der Waals surface area contributed by atoms with E-state index >= 15 is 0 Å². The first-order chi connectivity index (χ1) is 13.9. The summed E-state index contributed by atoms with van der Waals surface area (Å²) in [5.74, 6) is 1.59. The highest BCUT2D eigenvalue weighted by atomic mass is 35.5. The van der Waals surface area contributed by atoms with Crippen LogP contribution in [0.3, 0.4) is 0 Å². The lowest BCUT2D eigenvalue weighted by Gasteiger charge is -2.38. The van der Waals surface area contributed by atoms with Crippen molar-refractivity contribution < 1.29 is 9.53 Å². The third kappa shape index (κ3) is 4.54. The number of carbonyl (C=O) groups is 1. The standard InChI is InChI=1S/C22H25ClN4O2/c1-22(2,29-17-9-7-16(23)8-10-17)21(28)27-13-11-26(12-14-27)15-20-24-18-5-3-4-6-19(18)25-20/h3-10H,11-15H2,1-2H3,(H,24,25). The molecule has 6 nitrogen and oxygen atoms in total. The average molecular weight is 413 g/mol. The minimum atomic E-state index is -0.936. The van der Waals surface area contributed by atoms with Crippen LogP contribution < -0.4 is 4.74 Å². The van der Waals surface area contributed by atoms with Gasteiger partial charge in [-0.3, -0.25) is 9.69 Å². The van der Waals surface area contributed by atoms with Crippen LogP contribution in [0.15, 0.2) is 48.5 Å². The zero-order valence-electron chi connectivity index (χ0n) is 16.7. The van der Waals surface area contributed by atoms with Crippen molar-refractivity contribution in [1.29, 1.82) is 0 Å². The number of halogens is 1. The summed E-state index contributed by atoms with van der Waals surface area (Å²) < 4.78 is 5.95. The van der Waals surface area contributed by atoms with E-state index in [9.17, 15) is 4.79 Å². The molecule has 1 saturated heterocycles. The molecule has 0 unspecified atom stereocenters. The van der Waals surface area contributed by atoms with E-state index in [1.807, 2.05) is 43.0 Å². The molecule has 2 heterocycles. The van der Waals surface area contributed by atoms with E-state index in [1.165, 1.54) is 0 Å². The monoisotopic (exact) mass is 412 g/mol. The van der Waals surface area contributed by atoms with Crippen molar-refractivity contribution >= 4 is 28.5 Å². The highest BCUT2D eigenvalue weighted by molar-refractivity contribution is 6.30. The van der Waals surface area contributed by atoms with Gasteiger partial charge in [0.05, 0.1) is 17.6 Å². The number of aromatic amines is 1. The zero-order chi connectivity index (χ0) is 20.4. The molecule has 1 fully saturated rings. The van der Waals surface area contributed by atoms with E-state index in [0.717, 1.165) is 36.5 Å². The minimum absolute atomic E-state index is 0.00385. The largest absolute Gasteiger partial charge is 0.478 e. The number of aromatic nitrogens is 2. The number of nitrogens with zero attached hydrogens (tertiary/aromatic N) is 3. The van der Waals surface area contributed by atoms with Crippen LogP contribution in [0.4, 0.5) is 0 Å². The van der Waals surface area contributed by atoms with Gasteiger partial charge in [-0.25, -0.2) is 4.98 Å². The van der Waals surface area contributed by atoms with Crippen molar-refractivity contribution in [2.24, 2.45) is 0 Å². The molecule has 1 aliphatic heterocycles. The van der Waals surface area contributed by atoms with Gasteiger partial charge in [0.2, 0.25) is 0 Å². The molecule has 1 aliphatic rings. The van der Waals surface area contributed by atoms with Crippen molar-refractivity contribution in [3.05, 3.63) is 59.4 Å². The summed E-state index contributed by atoms with van der Waals surface area (Å²) in [5, 5.41) is 0.641. The van der Waals surface area contributed by atoms with Crippen LogP contribution in [-0.4, -0.2) is 57.5 Å². The molecule has 0 radical (unpaired) electrons. The number of amides is 1. The maximum absolute atomic E-state index is 13.0. The first-order valence-corrected chi connectivity index (χ1v) is 10.2. The first kappa shape index (κ1) is 19.7. The molecular weight excluding hydrogens is 388 g/mol. The lowest BCUT2D eigenvalue weighted by Crippen LogP contribution is -2.55. The highest BCUT2D eigenvalue weighted by Gasteiger charge is 2.35. The number of hydrogen-bond donors (Lipinski definition) is 1. The first-order valence-electron chi connectivity index (χ1n) is 9.81. The molecule has 2 aromatic carbocycles. The van der Waals surface area contributed by atoms with Crippen molar-refractivity contribution in [1.82, 2.24) is 19.8 Å². The van der Waals surface area contributed by atoms with Crippen LogP contribution in [0.5, 0.6) is 5.75 Å². The van der Waals surface area contributed by atoms with Gasteiger partial charge < -0.3 is 14.6 Å². The van der Waals surface area contributed by atoms with Crippen LogP contribution >= 0.6 is 11.6 Å². The molecule has 1 aromatic heterocycles. The second-order valence-electron chi connectivity index (χ2n) is 7.84. The predicted molar refractivity (Wildman–Crippen MR) is 114 cm³/mol. The molecule has 3 aromatic rings. The maximum Gasteiger partial charge on any atom is 0.266 e. The number of rotatable bonds is 5. The van der Waals surface area contributed by atoms with Crippen molar-refractivity contribution in [2.45, 2.75) is 26.0 Å². The van der Waals surface area contributed by atoms with E-state index in [4.69, 9.17) is 16.3 Å². The Hall–Kier alpha value is -2.57. The normalized spacial score (nSPS) is 15.6.